The lowest BCUT2D eigenvalue weighted by molar-refractivity contribution is 0.0992. The summed E-state index contributed by atoms with van der Waals surface area (Å²) in [6.07, 6.45) is 5.85. The van der Waals surface area contributed by atoms with Crippen molar-refractivity contribution in [2.75, 3.05) is 13.2 Å². The molecular weight excluding hydrogens is 226 g/mol. The SMILES string of the molecule is CC(C)CNCc1ccnn1CCC1CCCO1. The van der Waals surface area contributed by atoms with E-state index in [1.807, 2.05) is 6.20 Å². The van der Waals surface area contributed by atoms with Gasteiger partial charge in [0.05, 0.1) is 11.8 Å². The van der Waals surface area contributed by atoms with Gasteiger partial charge in [0.25, 0.3) is 0 Å². The Bertz CT molecular complexity index is 343. The van der Waals surface area contributed by atoms with Crippen LogP contribution in [0.25, 0.3) is 0 Å². The number of rotatable bonds is 7. The van der Waals surface area contributed by atoms with Crippen molar-refractivity contribution in [1.82, 2.24) is 15.1 Å². The van der Waals surface area contributed by atoms with Crippen molar-refractivity contribution in [2.24, 2.45) is 5.92 Å². The Morgan fingerprint density at radius 1 is 1.56 bits per heavy atom. The molecule has 1 atom stereocenters. The fourth-order valence-electron chi connectivity index (χ4n) is 2.34. The summed E-state index contributed by atoms with van der Waals surface area (Å²) in [6.45, 7) is 8.31. The van der Waals surface area contributed by atoms with Crippen molar-refractivity contribution in [3.05, 3.63) is 18.0 Å². The molecule has 0 amide bonds. The first-order valence-corrected chi connectivity index (χ1v) is 7.08. The summed E-state index contributed by atoms with van der Waals surface area (Å²) < 4.78 is 7.75. The largest absolute Gasteiger partial charge is 0.378 e. The summed E-state index contributed by atoms with van der Waals surface area (Å²) in [7, 11) is 0. The molecule has 1 fully saturated rings. The van der Waals surface area contributed by atoms with Crippen molar-refractivity contribution in [3.63, 3.8) is 0 Å². The number of aryl methyl sites for hydroxylation is 1. The fraction of sp³-hybridized carbons (Fsp3) is 0.786. The molecule has 1 aliphatic heterocycles. The van der Waals surface area contributed by atoms with Crippen molar-refractivity contribution >= 4 is 0 Å². The predicted octanol–water partition coefficient (Wildman–Crippen LogP) is 2.20. The summed E-state index contributed by atoms with van der Waals surface area (Å²) >= 11 is 0. The molecule has 18 heavy (non-hydrogen) atoms. The molecule has 0 bridgehead atoms. The predicted molar refractivity (Wildman–Crippen MR) is 72.4 cm³/mol. The Kier molecular flexibility index (Phi) is 5.20. The molecule has 1 aliphatic rings. The van der Waals surface area contributed by atoms with E-state index in [-0.39, 0.29) is 0 Å². The molecule has 2 rings (SSSR count). The monoisotopic (exact) mass is 251 g/mol. The highest BCUT2D eigenvalue weighted by Crippen LogP contribution is 2.16. The van der Waals surface area contributed by atoms with Gasteiger partial charge in [0, 0.05) is 25.9 Å². The van der Waals surface area contributed by atoms with E-state index in [1.54, 1.807) is 0 Å². The Morgan fingerprint density at radius 3 is 3.17 bits per heavy atom. The van der Waals surface area contributed by atoms with Crippen LogP contribution >= 0.6 is 0 Å². The Labute approximate surface area is 110 Å². The van der Waals surface area contributed by atoms with Crippen LogP contribution in [0.4, 0.5) is 0 Å². The molecule has 0 radical (unpaired) electrons. The first-order valence-electron chi connectivity index (χ1n) is 7.08. The number of nitrogens with zero attached hydrogens (tertiary/aromatic N) is 2. The smallest absolute Gasteiger partial charge is 0.0593 e. The number of hydrogen-bond donors (Lipinski definition) is 1. The van der Waals surface area contributed by atoms with Crippen LogP contribution in [0, 0.1) is 5.92 Å². The molecule has 1 aromatic rings. The van der Waals surface area contributed by atoms with E-state index >= 15 is 0 Å². The van der Waals surface area contributed by atoms with Crippen molar-refractivity contribution in [1.29, 1.82) is 0 Å². The summed E-state index contributed by atoms with van der Waals surface area (Å²) in [4.78, 5) is 0. The minimum atomic E-state index is 0.450. The molecule has 0 spiro atoms. The zero-order valence-electron chi connectivity index (χ0n) is 11.6. The second kappa shape index (κ2) is 6.90. The normalized spacial score (nSPS) is 19.8. The molecule has 0 aliphatic carbocycles. The van der Waals surface area contributed by atoms with Crippen LogP contribution < -0.4 is 5.32 Å². The lowest BCUT2D eigenvalue weighted by atomic mass is 10.2. The van der Waals surface area contributed by atoms with E-state index < -0.39 is 0 Å². The standard InChI is InChI=1S/C14H25N3O/c1-12(2)10-15-11-13-5-7-16-17(13)8-6-14-4-3-9-18-14/h5,7,12,14-15H,3-4,6,8-11H2,1-2H3. The van der Waals surface area contributed by atoms with E-state index in [1.165, 1.54) is 18.5 Å². The van der Waals surface area contributed by atoms with Crippen LogP contribution in [-0.2, 0) is 17.8 Å². The Morgan fingerprint density at radius 2 is 2.44 bits per heavy atom. The highest BCUT2D eigenvalue weighted by atomic mass is 16.5. The van der Waals surface area contributed by atoms with E-state index in [4.69, 9.17) is 4.74 Å². The zero-order chi connectivity index (χ0) is 12.8. The van der Waals surface area contributed by atoms with Gasteiger partial charge in [-0.25, -0.2) is 0 Å². The summed E-state index contributed by atoms with van der Waals surface area (Å²) in [5.41, 5.74) is 1.27. The minimum Gasteiger partial charge on any atom is -0.378 e. The van der Waals surface area contributed by atoms with Crippen molar-refractivity contribution in [2.45, 2.75) is 52.3 Å². The lowest BCUT2D eigenvalue weighted by Gasteiger charge is -2.12. The number of aromatic nitrogens is 2. The van der Waals surface area contributed by atoms with Crippen molar-refractivity contribution < 1.29 is 4.74 Å². The third-order valence-corrected chi connectivity index (χ3v) is 3.35. The molecule has 1 N–H and O–H groups in total. The first kappa shape index (κ1) is 13.6. The highest BCUT2D eigenvalue weighted by Gasteiger charge is 2.15. The minimum absolute atomic E-state index is 0.450. The van der Waals surface area contributed by atoms with Gasteiger partial charge in [-0.05, 0) is 37.8 Å². The Balaban J connectivity index is 1.75. The van der Waals surface area contributed by atoms with Crippen LogP contribution in [0.5, 0.6) is 0 Å². The molecule has 4 nitrogen and oxygen atoms in total. The maximum Gasteiger partial charge on any atom is 0.0593 e. The summed E-state index contributed by atoms with van der Waals surface area (Å²) in [5.74, 6) is 0.688. The molecule has 0 saturated carbocycles. The van der Waals surface area contributed by atoms with Gasteiger partial charge < -0.3 is 10.1 Å². The van der Waals surface area contributed by atoms with Gasteiger partial charge in [0.1, 0.15) is 0 Å². The zero-order valence-corrected chi connectivity index (χ0v) is 11.6. The van der Waals surface area contributed by atoms with Crippen LogP contribution in [0.1, 0.15) is 38.8 Å². The third-order valence-electron chi connectivity index (χ3n) is 3.35. The van der Waals surface area contributed by atoms with Crippen LogP contribution in [0.2, 0.25) is 0 Å². The van der Waals surface area contributed by atoms with E-state index in [0.717, 1.165) is 32.7 Å². The molecule has 1 unspecified atom stereocenters. The quantitative estimate of drug-likeness (QED) is 0.807. The molecule has 4 heteroatoms. The molecule has 1 aromatic heterocycles. The lowest BCUT2D eigenvalue weighted by Crippen LogP contribution is -2.22. The van der Waals surface area contributed by atoms with E-state index in [0.29, 0.717) is 12.0 Å². The van der Waals surface area contributed by atoms with E-state index in [9.17, 15) is 0 Å². The summed E-state index contributed by atoms with van der Waals surface area (Å²) in [6, 6.07) is 2.10. The van der Waals surface area contributed by atoms with Crippen LogP contribution in [0.15, 0.2) is 12.3 Å². The second-order valence-electron chi connectivity index (χ2n) is 5.49. The number of ether oxygens (including phenoxy) is 1. The second-order valence-corrected chi connectivity index (χ2v) is 5.49. The van der Waals surface area contributed by atoms with Gasteiger partial charge in [-0.2, -0.15) is 5.10 Å². The highest BCUT2D eigenvalue weighted by molar-refractivity contribution is 5.00. The maximum absolute atomic E-state index is 5.65. The molecular formula is C14H25N3O. The number of hydrogen-bond acceptors (Lipinski definition) is 3. The topological polar surface area (TPSA) is 39.1 Å². The molecule has 0 aromatic carbocycles. The molecule has 1 saturated heterocycles. The third kappa shape index (κ3) is 4.10. The summed E-state index contributed by atoms with van der Waals surface area (Å²) in [5, 5.41) is 7.86. The molecule has 102 valence electrons. The maximum atomic E-state index is 5.65. The first-order chi connectivity index (χ1) is 8.75. The van der Waals surface area contributed by atoms with Crippen molar-refractivity contribution in [3.8, 4) is 0 Å². The molecule has 2 heterocycles. The van der Waals surface area contributed by atoms with Gasteiger partial charge in [-0.1, -0.05) is 13.8 Å². The Hall–Kier alpha value is -0.870. The van der Waals surface area contributed by atoms with Gasteiger partial charge in [-0.3, -0.25) is 4.68 Å². The average molecular weight is 251 g/mol. The van der Waals surface area contributed by atoms with Crippen LogP contribution in [0.3, 0.4) is 0 Å². The number of nitrogens with one attached hydrogen (secondary N) is 1. The fourth-order valence-corrected chi connectivity index (χ4v) is 2.34. The average Bonchev–Trinajstić information content (AvgIpc) is 2.96. The van der Waals surface area contributed by atoms with Gasteiger partial charge >= 0.3 is 0 Å². The van der Waals surface area contributed by atoms with Gasteiger partial charge in [-0.15, -0.1) is 0 Å². The van der Waals surface area contributed by atoms with E-state index in [2.05, 4.69) is 35.0 Å². The van der Waals surface area contributed by atoms with Crippen LogP contribution in [-0.4, -0.2) is 29.0 Å². The van der Waals surface area contributed by atoms with Gasteiger partial charge in [0.2, 0.25) is 0 Å². The van der Waals surface area contributed by atoms with Gasteiger partial charge in [0.15, 0.2) is 0 Å².